The Bertz CT molecular complexity index is 891. The van der Waals surface area contributed by atoms with E-state index in [1.54, 1.807) is 18.2 Å². The van der Waals surface area contributed by atoms with Crippen LogP contribution in [0.25, 0.3) is 0 Å². The molecule has 2 aromatic rings. The summed E-state index contributed by atoms with van der Waals surface area (Å²) in [6.07, 6.45) is 0. The van der Waals surface area contributed by atoms with Gasteiger partial charge in [-0.1, -0.05) is 0 Å². The SMILES string of the molecule is COc1ccc(C(=O)NCC(=O)NCC(c2ccc(C)o2)N2CCOCC2)cc1OC. The van der Waals surface area contributed by atoms with Crippen molar-refractivity contribution < 1.29 is 28.2 Å². The number of carbonyl (C=O) groups excluding carboxylic acids is 2. The number of carbonyl (C=O) groups is 2. The van der Waals surface area contributed by atoms with E-state index in [1.165, 1.54) is 14.2 Å². The van der Waals surface area contributed by atoms with Gasteiger partial charge in [0.15, 0.2) is 11.5 Å². The van der Waals surface area contributed by atoms with Gasteiger partial charge < -0.3 is 29.3 Å². The first kappa shape index (κ1) is 22.6. The molecule has 1 aliphatic heterocycles. The van der Waals surface area contributed by atoms with Crippen LogP contribution in [0.3, 0.4) is 0 Å². The smallest absolute Gasteiger partial charge is 0.251 e. The van der Waals surface area contributed by atoms with Crippen LogP contribution in [0.4, 0.5) is 0 Å². The predicted octanol–water partition coefficient (Wildman–Crippen LogP) is 1.52. The standard InChI is InChI=1S/C22H29N3O6/c1-15-4-6-18(31-15)17(25-8-10-30-11-9-25)13-23-21(26)14-24-22(27)16-5-7-19(28-2)20(12-16)29-3/h4-7,12,17H,8-11,13-14H2,1-3H3,(H,23,26)(H,24,27). The van der Waals surface area contributed by atoms with Crippen molar-refractivity contribution in [2.45, 2.75) is 13.0 Å². The molecule has 0 radical (unpaired) electrons. The number of hydrogen-bond acceptors (Lipinski definition) is 7. The Hall–Kier alpha value is -3.04. The largest absolute Gasteiger partial charge is 0.493 e. The number of amides is 2. The van der Waals surface area contributed by atoms with Crippen LogP contribution >= 0.6 is 0 Å². The first-order valence-corrected chi connectivity index (χ1v) is 10.2. The first-order chi connectivity index (χ1) is 15.0. The van der Waals surface area contributed by atoms with Crippen molar-refractivity contribution in [3.05, 3.63) is 47.4 Å². The van der Waals surface area contributed by atoms with E-state index in [4.69, 9.17) is 18.6 Å². The molecule has 9 nitrogen and oxygen atoms in total. The molecule has 0 spiro atoms. The molecular formula is C22H29N3O6. The maximum atomic E-state index is 12.4. The summed E-state index contributed by atoms with van der Waals surface area (Å²) in [4.78, 5) is 27.0. The molecule has 168 valence electrons. The van der Waals surface area contributed by atoms with Gasteiger partial charge in [-0.2, -0.15) is 0 Å². The van der Waals surface area contributed by atoms with Crippen molar-refractivity contribution in [3.8, 4) is 11.5 Å². The maximum Gasteiger partial charge on any atom is 0.251 e. The maximum absolute atomic E-state index is 12.4. The number of methoxy groups -OCH3 is 2. The molecule has 1 unspecified atom stereocenters. The lowest BCUT2D eigenvalue weighted by atomic mass is 10.1. The highest BCUT2D eigenvalue weighted by molar-refractivity contribution is 5.97. The van der Waals surface area contributed by atoms with Crippen molar-refractivity contribution >= 4 is 11.8 Å². The average molecular weight is 431 g/mol. The molecule has 0 bridgehead atoms. The van der Waals surface area contributed by atoms with Gasteiger partial charge in [-0.25, -0.2) is 0 Å². The Morgan fingerprint density at radius 1 is 1.06 bits per heavy atom. The Labute approximate surface area is 181 Å². The average Bonchev–Trinajstić information content (AvgIpc) is 3.23. The number of aryl methyl sites for hydroxylation is 1. The van der Waals surface area contributed by atoms with Crippen LogP contribution in [0.5, 0.6) is 11.5 Å². The molecule has 1 fully saturated rings. The highest BCUT2D eigenvalue weighted by atomic mass is 16.5. The molecule has 9 heteroatoms. The molecule has 2 heterocycles. The molecule has 1 aromatic carbocycles. The van der Waals surface area contributed by atoms with Gasteiger partial charge in [0.1, 0.15) is 11.5 Å². The Morgan fingerprint density at radius 3 is 2.45 bits per heavy atom. The molecule has 2 amide bonds. The van der Waals surface area contributed by atoms with Gasteiger partial charge in [-0.15, -0.1) is 0 Å². The highest BCUT2D eigenvalue weighted by Crippen LogP contribution is 2.27. The van der Waals surface area contributed by atoms with E-state index < -0.39 is 0 Å². The van der Waals surface area contributed by atoms with Crippen LogP contribution in [0.15, 0.2) is 34.7 Å². The first-order valence-electron chi connectivity index (χ1n) is 10.2. The fourth-order valence-electron chi connectivity index (χ4n) is 3.44. The van der Waals surface area contributed by atoms with E-state index in [9.17, 15) is 9.59 Å². The molecule has 1 aliphatic rings. The lowest BCUT2D eigenvalue weighted by Crippen LogP contribution is -2.45. The normalized spacial score (nSPS) is 15.2. The van der Waals surface area contributed by atoms with Crippen molar-refractivity contribution in [3.63, 3.8) is 0 Å². The minimum Gasteiger partial charge on any atom is -0.493 e. The zero-order valence-electron chi connectivity index (χ0n) is 18.1. The molecule has 2 N–H and O–H groups in total. The van der Waals surface area contributed by atoms with Crippen molar-refractivity contribution in [1.82, 2.24) is 15.5 Å². The minimum absolute atomic E-state index is 0.0944. The number of ether oxygens (including phenoxy) is 3. The van der Waals surface area contributed by atoms with Crippen molar-refractivity contribution in [2.75, 3.05) is 53.6 Å². The second-order valence-electron chi connectivity index (χ2n) is 7.17. The molecule has 1 atom stereocenters. The quantitative estimate of drug-likeness (QED) is 0.621. The van der Waals surface area contributed by atoms with Crippen LogP contribution in [-0.2, 0) is 9.53 Å². The van der Waals surface area contributed by atoms with Gasteiger partial charge >= 0.3 is 0 Å². The number of hydrogen-bond donors (Lipinski definition) is 2. The Balaban J connectivity index is 1.54. The van der Waals surface area contributed by atoms with E-state index in [0.29, 0.717) is 36.8 Å². The number of morpholine rings is 1. The number of rotatable bonds is 9. The van der Waals surface area contributed by atoms with Crippen LogP contribution in [0.2, 0.25) is 0 Å². The summed E-state index contributed by atoms with van der Waals surface area (Å²) in [5.74, 6) is 1.94. The summed E-state index contributed by atoms with van der Waals surface area (Å²) in [5, 5.41) is 5.52. The zero-order valence-corrected chi connectivity index (χ0v) is 18.1. The van der Waals surface area contributed by atoms with Gasteiger partial charge in [-0.3, -0.25) is 14.5 Å². The molecule has 0 aliphatic carbocycles. The summed E-state index contributed by atoms with van der Waals surface area (Å²) < 4.78 is 21.6. The van der Waals surface area contributed by atoms with Gasteiger partial charge in [0, 0.05) is 25.2 Å². The van der Waals surface area contributed by atoms with E-state index in [2.05, 4.69) is 15.5 Å². The molecule has 3 rings (SSSR count). The highest BCUT2D eigenvalue weighted by Gasteiger charge is 2.25. The van der Waals surface area contributed by atoms with Crippen LogP contribution < -0.4 is 20.1 Å². The summed E-state index contributed by atoms with van der Waals surface area (Å²) in [7, 11) is 3.02. The summed E-state index contributed by atoms with van der Waals surface area (Å²) >= 11 is 0. The molecule has 1 saturated heterocycles. The van der Waals surface area contributed by atoms with Gasteiger partial charge in [-0.05, 0) is 37.3 Å². The zero-order chi connectivity index (χ0) is 22.2. The van der Waals surface area contributed by atoms with Crippen LogP contribution in [0.1, 0.15) is 27.9 Å². The lowest BCUT2D eigenvalue weighted by Gasteiger charge is -2.33. The number of nitrogens with zero attached hydrogens (tertiary/aromatic N) is 1. The predicted molar refractivity (Wildman–Crippen MR) is 113 cm³/mol. The number of nitrogens with one attached hydrogen (secondary N) is 2. The Kier molecular flexibility index (Phi) is 7.91. The fraction of sp³-hybridized carbons (Fsp3) is 0.455. The summed E-state index contributed by atoms with van der Waals surface area (Å²) in [6.45, 7) is 4.93. The van der Waals surface area contributed by atoms with E-state index in [0.717, 1.165) is 24.6 Å². The molecule has 0 saturated carbocycles. The van der Waals surface area contributed by atoms with Crippen molar-refractivity contribution in [2.24, 2.45) is 0 Å². The molecular weight excluding hydrogens is 402 g/mol. The van der Waals surface area contributed by atoms with Gasteiger partial charge in [0.2, 0.25) is 5.91 Å². The third-order valence-electron chi connectivity index (χ3n) is 5.12. The molecule has 1 aromatic heterocycles. The van der Waals surface area contributed by atoms with Gasteiger partial charge in [0.05, 0.1) is 40.0 Å². The fourth-order valence-corrected chi connectivity index (χ4v) is 3.44. The summed E-state index contributed by atoms with van der Waals surface area (Å²) in [6, 6.07) is 8.57. The molecule has 31 heavy (non-hydrogen) atoms. The van der Waals surface area contributed by atoms with E-state index >= 15 is 0 Å². The third kappa shape index (κ3) is 5.99. The monoisotopic (exact) mass is 431 g/mol. The number of benzene rings is 1. The van der Waals surface area contributed by atoms with E-state index in [1.807, 2.05) is 19.1 Å². The van der Waals surface area contributed by atoms with Gasteiger partial charge in [0.25, 0.3) is 5.91 Å². The topological polar surface area (TPSA) is 102 Å². The van der Waals surface area contributed by atoms with Crippen molar-refractivity contribution in [1.29, 1.82) is 0 Å². The third-order valence-corrected chi connectivity index (χ3v) is 5.12. The van der Waals surface area contributed by atoms with E-state index in [-0.39, 0.29) is 24.4 Å². The second kappa shape index (κ2) is 10.8. The van der Waals surface area contributed by atoms with Crippen LogP contribution in [0, 0.1) is 6.92 Å². The minimum atomic E-state index is -0.373. The summed E-state index contributed by atoms with van der Waals surface area (Å²) in [5.41, 5.74) is 0.378. The lowest BCUT2D eigenvalue weighted by molar-refractivity contribution is -0.120. The number of furan rings is 1. The van der Waals surface area contributed by atoms with Crippen LogP contribution in [-0.4, -0.2) is 70.3 Å². The Morgan fingerprint density at radius 2 is 1.81 bits per heavy atom. The second-order valence-corrected chi connectivity index (χ2v) is 7.17.